The number of ether oxygens (including phenoxy) is 2. The van der Waals surface area contributed by atoms with Gasteiger partial charge in [0.25, 0.3) is 5.69 Å². The minimum absolute atomic E-state index is 0.0380. The Morgan fingerprint density at radius 3 is 2.75 bits per heavy atom. The van der Waals surface area contributed by atoms with Crippen LogP contribution < -0.4 is 9.47 Å². The zero-order valence-electron chi connectivity index (χ0n) is 15.4. The average molecular weight is 378 g/mol. The fourth-order valence-corrected chi connectivity index (χ4v) is 3.10. The Balaban J connectivity index is 1.52. The smallest absolute Gasteiger partial charge is 0.270 e. The van der Waals surface area contributed by atoms with Crippen molar-refractivity contribution in [1.29, 1.82) is 0 Å². The molecule has 28 heavy (non-hydrogen) atoms. The Bertz CT molecular complexity index is 1060. The van der Waals surface area contributed by atoms with Gasteiger partial charge in [-0.05, 0) is 43.3 Å². The molecule has 0 saturated carbocycles. The minimum Gasteiger partial charge on any atom is -0.497 e. The van der Waals surface area contributed by atoms with Crippen molar-refractivity contribution in [1.82, 2.24) is 15.0 Å². The third-order valence-electron chi connectivity index (χ3n) is 4.56. The number of benzene rings is 2. The molecule has 4 rings (SSSR count). The highest BCUT2D eigenvalue weighted by Gasteiger charge is 2.29. The molecule has 1 unspecified atom stereocenters. The summed E-state index contributed by atoms with van der Waals surface area (Å²) in [5.41, 5.74) is 1.77. The summed E-state index contributed by atoms with van der Waals surface area (Å²) in [5, 5.41) is 19.4. The monoisotopic (exact) mass is 378 g/mol. The molecule has 2 aromatic carbocycles. The van der Waals surface area contributed by atoms with Crippen molar-refractivity contribution >= 4 is 11.8 Å². The second kappa shape index (κ2) is 6.80. The van der Waals surface area contributed by atoms with Gasteiger partial charge in [0.05, 0.1) is 24.8 Å². The first-order valence-electron chi connectivity index (χ1n) is 8.67. The van der Waals surface area contributed by atoms with Gasteiger partial charge in [0, 0.05) is 23.3 Å². The van der Waals surface area contributed by atoms with Gasteiger partial charge in [-0.3, -0.25) is 10.1 Å². The molecule has 1 aliphatic heterocycles. The molecular weight excluding hydrogens is 360 g/mol. The molecule has 0 fully saturated rings. The van der Waals surface area contributed by atoms with Crippen LogP contribution in [0.15, 0.2) is 54.7 Å². The Hall–Kier alpha value is -3.68. The summed E-state index contributed by atoms with van der Waals surface area (Å²) < 4.78 is 13.0. The van der Waals surface area contributed by atoms with Crippen molar-refractivity contribution in [3.63, 3.8) is 0 Å². The molecule has 8 heteroatoms. The molecule has 1 atom stereocenters. The second-order valence-corrected chi connectivity index (χ2v) is 6.76. The van der Waals surface area contributed by atoms with E-state index in [0.717, 1.165) is 17.0 Å². The Morgan fingerprint density at radius 1 is 1.25 bits per heavy atom. The number of hydrogen-bond acceptors (Lipinski definition) is 6. The lowest BCUT2D eigenvalue weighted by molar-refractivity contribution is -0.384. The zero-order chi connectivity index (χ0) is 19.7. The fourth-order valence-electron chi connectivity index (χ4n) is 3.10. The molecule has 0 spiro atoms. The van der Waals surface area contributed by atoms with Crippen molar-refractivity contribution < 1.29 is 14.4 Å². The maximum absolute atomic E-state index is 10.9. The lowest BCUT2D eigenvalue weighted by Gasteiger charge is -2.31. The number of nitrogens with zero attached hydrogens (tertiary/aromatic N) is 4. The van der Waals surface area contributed by atoms with E-state index in [0.29, 0.717) is 17.9 Å². The van der Waals surface area contributed by atoms with Crippen LogP contribution in [0.5, 0.6) is 11.5 Å². The summed E-state index contributed by atoms with van der Waals surface area (Å²) in [7, 11) is 1.63. The summed E-state index contributed by atoms with van der Waals surface area (Å²) >= 11 is 0. The van der Waals surface area contributed by atoms with Gasteiger partial charge in [0.1, 0.15) is 22.8 Å². The highest BCUT2D eigenvalue weighted by atomic mass is 16.6. The fraction of sp³-hybridized carbons (Fsp3) is 0.200. The van der Waals surface area contributed by atoms with Crippen LogP contribution in [0.4, 0.5) is 5.69 Å². The molecule has 0 bridgehead atoms. The lowest BCUT2D eigenvalue weighted by Crippen LogP contribution is -2.37. The molecule has 0 N–H and O–H groups in total. The lowest BCUT2D eigenvalue weighted by atomic mass is 10.00. The van der Waals surface area contributed by atoms with E-state index < -0.39 is 10.5 Å². The normalized spacial score (nSPS) is 17.6. The minimum atomic E-state index is -0.645. The van der Waals surface area contributed by atoms with E-state index in [2.05, 4.69) is 10.3 Å². The van der Waals surface area contributed by atoms with E-state index >= 15 is 0 Å². The van der Waals surface area contributed by atoms with E-state index in [1.54, 1.807) is 17.9 Å². The number of non-ortho nitro benzene ring substituents is 1. The molecular formula is C20H18N4O4. The van der Waals surface area contributed by atoms with E-state index in [4.69, 9.17) is 9.47 Å². The predicted octanol–water partition coefficient (Wildman–Crippen LogP) is 3.73. The maximum atomic E-state index is 10.9. The summed E-state index contributed by atoms with van der Waals surface area (Å²) in [5.74, 6) is 1.38. The van der Waals surface area contributed by atoms with Gasteiger partial charge >= 0.3 is 0 Å². The van der Waals surface area contributed by atoms with Crippen LogP contribution in [-0.4, -0.2) is 32.6 Å². The standard InChI is InChI=1S/C20H18N4O4/c1-20(10-9-15-11-16(24(25)26)5-8-19(15)28-20)13-23-12-18(21-22-23)14-3-6-17(27-2)7-4-14/h3-12H,13H2,1-2H3. The van der Waals surface area contributed by atoms with Gasteiger partial charge < -0.3 is 9.47 Å². The van der Waals surface area contributed by atoms with Gasteiger partial charge in [-0.15, -0.1) is 5.10 Å². The SMILES string of the molecule is COc1ccc(-c2cn(CC3(C)C=Cc4cc([N+](=O)[O-])ccc4O3)nn2)cc1. The van der Waals surface area contributed by atoms with Crippen LogP contribution in [0.3, 0.4) is 0 Å². The van der Waals surface area contributed by atoms with Crippen LogP contribution in [0.1, 0.15) is 12.5 Å². The van der Waals surface area contributed by atoms with E-state index in [9.17, 15) is 10.1 Å². The van der Waals surface area contributed by atoms with Gasteiger partial charge in [-0.25, -0.2) is 4.68 Å². The molecule has 3 aromatic rings. The Kier molecular flexibility index (Phi) is 4.31. The van der Waals surface area contributed by atoms with Crippen molar-refractivity contribution in [3.05, 3.63) is 70.4 Å². The van der Waals surface area contributed by atoms with E-state index in [-0.39, 0.29) is 5.69 Å². The molecule has 0 amide bonds. The van der Waals surface area contributed by atoms with Crippen LogP contribution in [0, 0.1) is 10.1 Å². The number of aromatic nitrogens is 3. The molecule has 1 aromatic heterocycles. The second-order valence-electron chi connectivity index (χ2n) is 6.76. The van der Waals surface area contributed by atoms with Crippen molar-refractivity contribution in [2.75, 3.05) is 7.11 Å². The summed E-state index contributed by atoms with van der Waals surface area (Å²) in [6.07, 6.45) is 5.58. The first-order valence-corrected chi connectivity index (χ1v) is 8.67. The van der Waals surface area contributed by atoms with Gasteiger partial charge in [-0.1, -0.05) is 11.3 Å². The average Bonchev–Trinajstić information content (AvgIpc) is 3.15. The van der Waals surface area contributed by atoms with Crippen LogP contribution in [0.25, 0.3) is 17.3 Å². The number of hydrogen-bond donors (Lipinski definition) is 0. The Labute approximate surface area is 161 Å². The first kappa shape index (κ1) is 17.7. The number of fused-ring (bicyclic) bond motifs is 1. The molecule has 2 heterocycles. The number of rotatable bonds is 5. The molecule has 0 radical (unpaired) electrons. The third kappa shape index (κ3) is 3.44. The van der Waals surface area contributed by atoms with Crippen LogP contribution in [0.2, 0.25) is 0 Å². The molecule has 8 nitrogen and oxygen atoms in total. The number of nitro benzene ring substituents is 1. The number of methoxy groups -OCH3 is 1. The van der Waals surface area contributed by atoms with Crippen LogP contribution in [-0.2, 0) is 6.54 Å². The Morgan fingerprint density at radius 2 is 2.04 bits per heavy atom. The molecule has 0 aliphatic carbocycles. The van der Waals surface area contributed by atoms with E-state index in [1.165, 1.54) is 12.1 Å². The summed E-state index contributed by atoms with van der Waals surface area (Å²) in [4.78, 5) is 10.5. The zero-order valence-corrected chi connectivity index (χ0v) is 15.4. The maximum Gasteiger partial charge on any atom is 0.270 e. The summed E-state index contributed by atoms with van der Waals surface area (Å²) in [6, 6.07) is 12.2. The van der Waals surface area contributed by atoms with Crippen molar-refractivity contribution in [3.8, 4) is 22.8 Å². The summed E-state index contributed by atoms with van der Waals surface area (Å²) in [6.45, 7) is 2.38. The predicted molar refractivity (Wildman–Crippen MR) is 103 cm³/mol. The van der Waals surface area contributed by atoms with E-state index in [1.807, 2.05) is 49.5 Å². The third-order valence-corrected chi connectivity index (χ3v) is 4.56. The van der Waals surface area contributed by atoms with Crippen molar-refractivity contribution in [2.24, 2.45) is 0 Å². The quantitative estimate of drug-likeness (QED) is 0.496. The topological polar surface area (TPSA) is 92.3 Å². The van der Waals surface area contributed by atoms with Crippen LogP contribution >= 0.6 is 0 Å². The molecule has 142 valence electrons. The highest BCUT2D eigenvalue weighted by Crippen LogP contribution is 2.34. The largest absolute Gasteiger partial charge is 0.497 e. The van der Waals surface area contributed by atoms with Gasteiger partial charge in [0.2, 0.25) is 0 Å². The number of nitro groups is 1. The highest BCUT2D eigenvalue weighted by molar-refractivity contribution is 5.64. The van der Waals surface area contributed by atoms with Crippen molar-refractivity contribution in [2.45, 2.75) is 19.1 Å². The molecule has 1 aliphatic rings. The first-order chi connectivity index (χ1) is 13.5. The molecule has 0 saturated heterocycles. The van der Waals surface area contributed by atoms with Gasteiger partial charge in [-0.2, -0.15) is 0 Å². The van der Waals surface area contributed by atoms with Gasteiger partial charge in [0.15, 0.2) is 0 Å².